The van der Waals surface area contributed by atoms with E-state index in [1.807, 2.05) is 21.7 Å². The molecule has 0 saturated carbocycles. The molecule has 1 unspecified atom stereocenters. The van der Waals surface area contributed by atoms with Crippen LogP contribution in [0.5, 0.6) is 6.08 Å². The highest BCUT2D eigenvalue weighted by molar-refractivity contribution is 6.15. The van der Waals surface area contributed by atoms with E-state index in [-0.39, 0.29) is 11.4 Å². The molecule has 0 fully saturated rings. The van der Waals surface area contributed by atoms with Gasteiger partial charge in [-0.1, -0.05) is 18.9 Å². The molecule has 0 aliphatic heterocycles. The average Bonchev–Trinajstić information content (AvgIpc) is 2.36. The fourth-order valence-corrected chi connectivity index (χ4v) is 0.640. The molecule has 1 N–H and O–H groups in total. The van der Waals surface area contributed by atoms with Crippen LogP contribution in [0.2, 0.25) is 0 Å². The second kappa shape index (κ2) is 2.56. The van der Waals surface area contributed by atoms with Crippen molar-refractivity contribution in [3.8, 4) is 6.08 Å². The molecule has 1 heterocycles. The van der Waals surface area contributed by atoms with Crippen molar-refractivity contribution in [2.24, 2.45) is 0 Å². The average molecular weight is 154 g/mol. The summed E-state index contributed by atoms with van der Waals surface area (Å²) in [5, 5.41) is 15.7. The summed E-state index contributed by atoms with van der Waals surface area (Å²) in [7, 11) is 1.99. The second-order valence-corrected chi connectivity index (χ2v) is 3.13. The summed E-state index contributed by atoms with van der Waals surface area (Å²) in [6.45, 7) is 4.02. The Morgan fingerprint density at radius 2 is 2.27 bits per heavy atom. The minimum absolute atomic E-state index is 0.145. The van der Waals surface area contributed by atoms with Crippen molar-refractivity contribution in [2.75, 3.05) is 0 Å². The Morgan fingerprint density at radius 1 is 1.64 bits per heavy atom. The van der Waals surface area contributed by atoms with Crippen molar-refractivity contribution >= 4 is 7.85 Å². The van der Waals surface area contributed by atoms with Gasteiger partial charge < -0.3 is 9.52 Å². The van der Waals surface area contributed by atoms with E-state index >= 15 is 0 Å². The topological polar surface area (TPSA) is 59.2 Å². The van der Waals surface area contributed by atoms with E-state index in [9.17, 15) is 0 Å². The fourth-order valence-electron chi connectivity index (χ4n) is 0.640. The number of nitrogens with zero attached hydrogens (tertiary/aromatic N) is 2. The Morgan fingerprint density at radius 3 is 2.64 bits per heavy atom. The fraction of sp³-hybridized carbons (Fsp3) is 0.667. The molecule has 0 saturated heterocycles. The predicted molar refractivity (Wildman–Crippen MR) is 42.1 cm³/mol. The molecule has 1 aromatic heterocycles. The van der Waals surface area contributed by atoms with Gasteiger partial charge in [0, 0.05) is 5.31 Å². The monoisotopic (exact) mass is 154 g/mol. The van der Waals surface area contributed by atoms with Crippen molar-refractivity contribution in [1.82, 2.24) is 10.2 Å². The van der Waals surface area contributed by atoms with Gasteiger partial charge in [0.15, 0.2) is 0 Å². The molecule has 0 bridgehead atoms. The highest BCUT2D eigenvalue weighted by Gasteiger charge is 2.24. The molecule has 0 radical (unpaired) electrons. The van der Waals surface area contributed by atoms with Gasteiger partial charge in [0.25, 0.3) is 0 Å². The van der Waals surface area contributed by atoms with E-state index in [1.54, 1.807) is 0 Å². The van der Waals surface area contributed by atoms with Crippen LogP contribution in [0, 0.1) is 0 Å². The first-order valence-electron chi connectivity index (χ1n) is 3.59. The van der Waals surface area contributed by atoms with Crippen molar-refractivity contribution in [3.63, 3.8) is 0 Å². The summed E-state index contributed by atoms with van der Waals surface area (Å²) in [6, 6.07) is 0. The molecule has 11 heavy (non-hydrogen) atoms. The maximum atomic E-state index is 8.77. The maximum Gasteiger partial charge on any atom is 0.412 e. The molecular weight excluding hydrogens is 143 g/mol. The zero-order valence-corrected chi connectivity index (χ0v) is 6.96. The van der Waals surface area contributed by atoms with E-state index in [1.165, 1.54) is 0 Å². The molecule has 1 atom stereocenters. The van der Waals surface area contributed by atoms with Crippen LogP contribution in [-0.2, 0) is 5.31 Å². The van der Waals surface area contributed by atoms with Crippen LogP contribution in [0.1, 0.15) is 26.2 Å². The molecule has 1 rings (SSSR count). The summed E-state index contributed by atoms with van der Waals surface area (Å²) >= 11 is 0. The highest BCUT2D eigenvalue weighted by Crippen LogP contribution is 2.23. The second-order valence-electron chi connectivity index (χ2n) is 3.13. The van der Waals surface area contributed by atoms with E-state index < -0.39 is 0 Å². The largest absolute Gasteiger partial charge is 0.465 e. The Hall–Kier alpha value is -0.995. The van der Waals surface area contributed by atoms with Crippen molar-refractivity contribution in [2.45, 2.75) is 25.6 Å². The summed E-state index contributed by atoms with van der Waals surface area (Å²) in [5.41, 5.74) is 0. The quantitative estimate of drug-likeness (QED) is 0.610. The van der Waals surface area contributed by atoms with Crippen LogP contribution in [0.15, 0.2) is 4.42 Å². The van der Waals surface area contributed by atoms with Gasteiger partial charge in [0.1, 0.15) is 7.85 Å². The van der Waals surface area contributed by atoms with Crippen LogP contribution in [0.4, 0.5) is 0 Å². The third kappa shape index (κ3) is 1.53. The van der Waals surface area contributed by atoms with Gasteiger partial charge >= 0.3 is 6.08 Å². The molecule has 0 aromatic carbocycles. The molecule has 0 aliphatic rings. The summed E-state index contributed by atoms with van der Waals surface area (Å²) in [5.74, 6) is 0.484. The first kappa shape index (κ1) is 8.10. The Balaban J connectivity index is 2.92. The van der Waals surface area contributed by atoms with E-state index in [0.29, 0.717) is 5.89 Å². The van der Waals surface area contributed by atoms with Gasteiger partial charge in [-0.15, -0.1) is 5.10 Å². The smallest absolute Gasteiger partial charge is 0.412 e. The first-order valence-corrected chi connectivity index (χ1v) is 3.59. The number of hydrogen-bond donors (Lipinski definition) is 1. The van der Waals surface area contributed by atoms with Gasteiger partial charge in [-0.25, -0.2) is 0 Å². The molecule has 5 heteroatoms. The number of hydrogen-bond acceptors (Lipinski definition) is 4. The van der Waals surface area contributed by atoms with Gasteiger partial charge in [0.2, 0.25) is 5.89 Å². The standard InChI is InChI=1S/C6H11BN2O2/c1-3-6(2,7)4-8-9-5(10)11-4/h3,7H2,1-2H3,(H,9,10). The lowest BCUT2D eigenvalue weighted by Gasteiger charge is -2.15. The molecule has 0 aliphatic carbocycles. The van der Waals surface area contributed by atoms with Gasteiger partial charge in [-0.2, -0.15) is 0 Å². The van der Waals surface area contributed by atoms with Gasteiger partial charge in [-0.05, 0) is 6.42 Å². The highest BCUT2D eigenvalue weighted by atomic mass is 16.5. The lowest BCUT2D eigenvalue weighted by molar-refractivity contribution is 0.290. The summed E-state index contributed by atoms with van der Waals surface area (Å²) < 4.78 is 4.87. The van der Waals surface area contributed by atoms with E-state index in [0.717, 1.165) is 6.42 Å². The van der Waals surface area contributed by atoms with Crippen molar-refractivity contribution in [1.29, 1.82) is 0 Å². The van der Waals surface area contributed by atoms with E-state index in [2.05, 4.69) is 10.2 Å². The summed E-state index contributed by atoms with van der Waals surface area (Å²) in [4.78, 5) is 0. The number of aromatic hydroxyl groups is 1. The zero-order valence-electron chi connectivity index (χ0n) is 6.96. The lowest BCUT2D eigenvalue weighted by atomic mass is 9.68. The minimum atomic E-state index is -0.360. The molecule has 1 aromatic rings. The number of rotatable bonds is 2. The molecule has 4 nitrogen and oxygen atoms in total. The zero-order chi connectivity index (χ0) is 8.48. The lowest BCUT2D eigenvalue weighted by Crippen LogP contribution is -2.21. The van der Waals surface area contributed by atoms with Crippen molar-refractivity contribution < 1.29 is 9.52 Å². The van der Waals surface area contributed by atoms with Gasteiger partial charge in [-0.3, -0.25) is 0 Å². The van der Waals surface area contributed by atoms with E-state index in [4.69, 9.17) is 9.52 Å². The van der Waals surface area contributed by atoms with Crippen molar-refractivity contribution in [3.05, 3.63) is 5.89 Å². The third-order valence-electron chi connectivity index (χ3n) is 1.88. The Kier molecular flexibility index (Phi) is 1.89. The van der Waals surface area contributed by atoms with Crippen LogP contribution in [0.3, 0.4) is 0 Å². The van der Waals surface area contributed by atoms with Crippen LogP contribution < -0.4 is 0 Å². The minimum Gasteiger partial charge on any atom is -0.465 e. The third-order valence-corrected chi connectivity index (χ3v) is 1.88. The van der Waals surface area contributed by atoms with Crippen LogP contribution in [-0.4, -0.2) is 23.2 Å². The van der Waals surface area contributed by atoms with Crippen LogP contribution >= 0.6 is 0 Å². The van der Waals surface area contributed by atoms with Gasteiger partial charge in [0.05, 0.1) is 0 Å². The molecule has 0 amide bonds. The Bertz CT molecular complexity index is 246. The number of aromatic nitrogens is 2. The predicted octanol–water partition coefficient (Wildman–Crippen LogP) is 0.0335. The summed E-state index contributed by atoms with van der Waals surface area (Å²) in [6.07, 6.45) is 0.538. The molecule has 60 valence electrons. The van der Waals surface area contributed by atoms with Crippen LogP contribution in [0.25, 0.3) is 0 Å². The first-order chi connectivity index (χ1) is 5.06. The normalized spacial score (nSPS) is 16.2. The SMILES string of the molecule is BC(C)(CC)c1nnc(O)o1. The molecule has 0 spiro atoms. The molecular formula is C6H11BN2O2. The Labute approximate surface area is 66.0 Å². The maximum absolute atomic E-state index is 8.77.